The average Bonchev–Trinajstić information content (AvgIpc) is 1.60. The maximum atomic E-state index is 12.6. The second-order valence-electron chi connectivity index (χ2n) is 28.8. The highest BCUT2D eigenvalue weighted by atomic mass is 16.5. The lowest BCUT2D eigenvalue weighted by atomic mass is 10.1. The minimum Gasteiger partial charge on any atom is -0.467 e. The second kappa shape index (κ2) is 33.3. The molecule has 6 aliphatic rings. The normalized spacial score (nSPS) is 16.3. The number of piperazine rings is 1. The largest absolute Gasteiger partial charge is 0.467 e. The van der Waals surface area contributed by atoms with E-state index in [2.05, 4.69) is 117 Å². The van der Waals surface area contributed by atoms with Gasteiger partial charge in [0.25, 0.3) is 23.6 Å². The zero-order valence-corrected chi connectivity index (χ0v) is 63.0. The van der Waals surface area contributed by atoms with Crippen molar-refractivity contribution in [3.8, 4) is 0 Å². The highest BCUT2D eigenvalue weighted by molar-refractivity contribution is 6.08. The van der Waals surface area contributed by atoms with Gasteiger partial charge in [0.05, 0.1) is 92.2 Å². The van der Waals surface area contributed by atoms with Crippen LogP contribution in [0, 0.1) is 6.92 Å². The number of ether oxygens (including phenoxy) is 2. The van der Waals surface area contributed by atoms with E-state index in [1.54, 1.807) is 31.2 Å². The number of carbonyl (C=O) groups excluding carboxylic acids is 7. The van der Waals surface area contributed by atoms with E-state index in [9.17, 15) is 33.6 Å². The van der Waals surface area contributed by atoms with Crippen LogP contribution in [0.4, 0.5) is 5.69 Å². The van der Waals surface area contributed by atoms with Crippen molar-refractivity contribution in [2.45, 2.75) is 129 Å². The molecule has 2 saturated heterocycles. The highest BCUT2D eigenvalue weighted by Crippen LogP contribution is 2.37. The van der Waals surface area contributed by atoms with Gasteiger partial charge in [0, 0.05) is 115 Å². The summed E-state index contributed by atoms with van der Waals surface area (Å²) in [5.41, 5.74) is 17.9. The van der Waals surface area contributed by atoms with E-state index in [0.717, 1.165) is 161 Å². The quantitative estimate of drug-likeness (QED) is 0.0471. The van der Waals surface area contributed by atoms with Crippen LogP contribution in [0.1, 0.15) is 130 Å². The van der Waals surface area contributed by atoms with Crippen LogP contribution < -0.4 is 31.5 Å². The average molecular weight is 1490 g/mol. The molecule has 4 aromatic heterocycles. The summed E-state index contributed by atoms with van der Waals surface area (Å²) in [5, 5.41) is 14.6. The van der Waals surface area contributed by atoms with E-state index in [-0.39, 0.29) is 41.9 Å². The molecule has 2 fully saturated rings. The van der Waals surface area contributed by atoms with Gasteiger partial charge in [-0.05, 0) is 140 Å². The van der Waals surface area contributed by atoms with Gasteiger partial charge in [-0.15, -0.1) is 0 Å². The molecule has 24 nitrogen and oxygen atoms in total. The number of fused-ring (bicyclic) bond motifs is 2. The molecule has 3 atom stereocenters. The van der Waals surface area contributed by atoms with Crippen molar-refractivity contribution in [2.24, 2.45) is 0 Å². The third-order valence-electron chi connectivity index (χ3n) is 21.7. The van der Waals surface area contributed by atoms with Crippen molar-refractivity contribution in [3.63, 3.8) is 0 Å². The number of aromatic nitrogens is 8. The number of nitrogens with zero attached hydrogens (tertiary/aromatic N) is 10. The Labute approximate surface area is 642 Å². The Morgan fingerprint density at radius 1 is 0.486 bits per heavy atom. The predicted molar refractivity (Wildman–Crippen MR) is 425 cm³/mol. The smallest absolute Gasteiger partial charge is 0.338 e. The Balaban J connectivity index is 0.000000118. The van der Waals surface area contributed by atoms with Crippen molar-refractivity contribution in [1.82, 2.24) is 69.7 Å². The van der Waals surface area contributed by atoms with Crippen LogP contribution in [0.25, 0.3) is 44.1 Å². The minimum absolute atomic E-state index is 0.000884. The SMILES string of the molecule is CCOC(=O)c1ccc(CCc2nc3cccc4c3n2CCNC4=O)cc1.CCc1ccc(CCc2nc3cccc4c3n2CCNC4=O)cc1.COC(=O)C(Cc1ccccc1)NC(=O)CCc1nc2cccc3c2n1CCNC3=O.Cc1cccc(N2CC3CC2CN3Cc2nc3cccc4c3n2CCNC4=O)c1. The Kier molecular flexibility index (Phi) is 22.2. The molecule has 0 spiro atoms. The zero-order valence-electron chi connectivity index (χ0n) is 63.0. The van der Waals surface area contributed by atoms with Gasteiger partial charge >= 0.3 is 11.9 Å². The van der Waals surface area contributed by atoms with Crippen LogP contribution in [0.5, 0.6) is 0 Å². The number of para-hydroxylation sites is 4. The third-order valence-corrected chi connectivity index (χ3v) is 21.7. The number of esters is 2. The van der Waals surface area contributed by atoms with Crippen LogP contribution in [-0.4, -0.2) is 156 Å². The number of hydrogen-bond acceptors (Lipinski definition) is 15. The Morgan fingerprint density at radius 2 is 0.937 bits per heavy atom. The maximum absolute atomic E-state index is 12.6. The van der Waals surface area contributed by atoms with Crippen molar-refractivity contribution in [3.05, 3.63) is 255 Å². The molecule has 5 amide bonds. The summed E-state index contributed by atoms with van der Waals surface area (Å²) < 4.78 is 18.5. The van der Waals surface area contributed by atoms with Crippen molar-refractivity contribution >= 4 is 91.3 Å². The van der Waals surface area contributed by atoms with Crippen LogP contribution in [0.15, 0.2) is 176 Å². The van der Waals surface area contributed by atoms with Crippen molar-refractivity contribution in [1.29, 1.82) is 0 Å². The summed E-state index contributed by atoms with van der Waals surface area (Å²) >= 11 is 0. The first-order valence-electron chi connectivity index (χ1n) is 38.5. The fourth-order valence-electron chi connectivity index (χ4n) is 16.2. The first-order valence-corrected chi connectivity index (χ1v) is 38.5. The van der Waals surface area contributed by atoms with Gasteiger partial charge in [0.15, 0.2) is 0 Å². The third kappa shape index (κ3) is 16.1. The molecule has 12 aromatic rings. The second-order valence-corrected chi connectivity index (χ2v) is 28.8. The number of anilines is 1. The first kappa shape index (κ1) is 74.2. The van der Waals surface area contributed by atoms with E-state index in [0.29, 0.717) is 80.9 Å². The predicted octanol–water partition coefficient (Wildman–Crippen LogP) is 10.0. The fraction of sp³-hybridized carbons (Fsp3) is 0.322. The zero-order chi connectivity index (χ0) is 76.7. The van der Waals surface area contributed by atoms with Gasteiger partial charge in [-0.25, -0.2) is 29.5 Å². The molecular weight excluding hydrogens is 1400 g/mol. The van der Waals surface area contributed by atoms with Gasteiger partial charge in [-0.3, -0.25) is 28.9 Å². The topological polar surface area (TPSA) is 276 Å². The van der Waals surface area contributed by atoms with Gasteiger partial charge in [-0.1, -0.05) is 110 Å². The number of amides is 5. The molecule has 10 heterocycles. The van der Waals surface area contributed by atoms with E-state index in [1.165, 1.54) is 35.9 Å². The number of hydrogen-bond donors (Lipinski definition) is 5. The molecule has 2 bridgehead atoms. The molecule has 8 aromatic carbocycles. The van der Waals surface area contributed by atoms with E-state index >= 15 is 0 Å². The number of methoxy groups -OCH3 is 1. The lowest BCUT2D eigenvalue weighted by molar-refractivity contribution is -0.145. The molecule has 568 valence electrons. The van der Waals surface area contributed by atoms with E-state index < -0.39 is 12.0 Å². The summed E-state index contributed by atoms with van der Waals surface area (Å²) in [6, 6.07) is 57.8. The molecule has 0 saturated carbocycles. The lowest BCUT2D eigenvalue weighted by Gasteiger charge is -2.35. The number of imidazole rings is 4. The number of likely N-dealkylation sites (tertiary alicyclic amines) is 1. The molecule has 18 rings (SSSR count). The van der Waals surface area contributed by atoms with Crippen LogP contribution in [-0.2, 0) is 96.7 Å². The van der Waals surface area contributed by atoms with Gasteiger partial charge in [0.2, 0.25) is 5.91 Å². The number of rotatable bonds is 19. The summed E-state index contributed by atoms with van der Waals surface area (Å²) in [4.78, 5) is 110. The summed E-state index contributed by atoms with van der Waals surface area (Å²) in [6.45, 7) is 14.8. The maximum Gasteiger partial charge on any atom is 0.338 e. The van der Waals surface area contributed by atoms with E-state index in [4.69, 9.17) is 24.4 Å². The molecule has 0 radical (unpaired) electrons. The van der Waals surface area contributed by atoms with Crippen molar-refractivity contribution in [2.75, 3.05) is 57.9 Å². The van der Waals surface area contributed by atoms with Crippen LogP contribution >= 0.6 is 0 Å². The molecular formula is C87H91N15O9. The Hall–Kier alpha value is -12.3. The highest BCUT2D eigenvalue weighted by Gasteiger charge is 2.44. The molecule has 5 N–H and O–H groups in total. The van der Waals surface area contributed by atoms with E-state index in [1.807, 2.05) is 108 Å². The summed E-state index contributed by atoms with van der Waals surface area (Å²) in [7, 11) is 1.31. The van der Waals surface area contributed by atoms with Gasteiger partial charge in [-0.2, -0.15) is 0 Å². The summed E-state index contributed by atoms with van der Waals surface area (Å²) in [5.74, 6) is 2.68. The number of carbonyl (C=O) groups is 7. The standard InChI is InChI=1S/C23H25N5O.C23H24N4O4.C21H21N3O3.C20H21N3O/c1-15-4-2-5-16(10-15)28-13-17-11-18(28)12-26(17)14-21-25-20-7-3-6-19-22(20)27(21)9-8-24-23(19)29;1-31-23(30)18(14-15-6-3-2-4-7-15)26-20(28)11-10-19-25-17-9-5-8-16-21(17)27(19)13-12-24-22(16)29;1-2-27-21(26)15-9-6-14(7-10-15)8-11-18-23-17-5-3-4-16-19(17)24(18)13-12-22-20(16)25;1-2-14-6-8-15(9-7-14)10-11-18-22-17-5-3-4-16-19(17)23(18)13-12-21-20(16)24/h2-7,10,17-18H,8-9,11-14H2,1H3,(H,24,29);2-9,18H,10-14H2,1H3,(H,24,29)(H,26,28);3-7,9-10H,2,8,11-13H2,1H3,(H,22,25);3-9H,2,10-13H2,1H3,(H,21,24). The Bertz CT molecular complexity index is 5490. The Morgan fingerprint density at radius 3 is 1.39 bits per heavy atom. The molecule has 111 heavy (non-hydrogen) atoms. The molecule has 0 aliphatic carbocycles. The number of nitrogens with one attached hydrogen (secondary N) is 5. The molecule has 6 aliphatic heterocycles. The number of benzene rings is 8. The van der Waals surface area contributed by atoms with Gasteiger partial charge in [0.1, 0.15) is 29.3 Å². The van der Waals surface area contributed by atoms with Gasteiger partial charge < -0.3 is 59.2 Å². The molecule has 3 unspecified atom stereocenters. The first-order chi connectivity index (χ1) is 54.2. The summed E-state index contributed by atoms with van der Waals surface area (Å²) in [6.07, 6.45) is 6.63. The monoisotopic (exact) mass is 1490 g/mol. The van der Waals surface area contributed by atoms with Crippen LogP contribution in [0.2, 0.25) is 0 Å². The molecule has 24 heteroatoms. The van der Waals surface area contributed by atoms with Crippen molar-refractivity contribution < 1.29 is 43.0 Å². The van der Waals surface area contributed by atoms with Crippen LogP contribution in [0.3, 0.4) is 0 Å². The fourth-order valence-corrected chi connectivity index (χ4v) is 16.2. The number of aryl methyl sites for hydroxylation is 7. The minimum atomic E-state index is -0.755. The lowest BCUT2D eigenvalue weighted by Crippen LogP contribution is -2.46.